The van der Waals surface area contributed by atoms with E-state index in [0.29, 0.717) is 0 Å². The second-order valence-electron chi connectivity index (χ2n) is 4.80. The molecule has 92 valence electrons. The molecule has 0 aliphatic carbocycles. The van der Waals surface area contributed by atoms with E-state index >= 15 is 0 Å². The van der Waals surface area contributed by atoms with Crippen LogP contribution in [0.25, 0.3) is 10.9 Å². The minimum atomic E-state index is -0.669. The van der Waals surface area contributed by atoms with Crippen molar-refractivity contribution >= 4 is 10.9 Å². The molecular formula is C15H16N2O. The minimum Gasteiger partial charge on any atom is -0.391 e. The molecule has 2 rings (SSSR count). The van der Waals surface area contributed by atoms with E-state index in [9.17, 15) is 10.4 Å². The van der Waals surface area contributed by atoms with Crippen LogP contribution in [0.3, 0.4) is 0 Å². The van der Waals surface area contributed by atoms with E-state index in [1.54, 1.807) is 6.20 Å². The van der Waals surface area contributed by atoms with Crippen molar-refractivity contribution in [1.29, 1.82) is 5.26 Å². The lowest BCUT2D eigenvalue weighted by molar-refractivity contribution is 0.113. The molecule has 18 heavy (non-hydrogen) atoms. The van der Waals surface area contributed by atoms with Gasteiger partial charge in [0.05, 0.1) is 23.6 Å². The molecule has 0 amide bonds. The van der Waals surface area contributed by atoms with Crippen LogP contribution in [0.1, 0.15) is 25.3 Å². The third-order valence-electron chi connectivity index (χ3n) is 3.13. The van der Waals surface area contributed by atoms with Gasteiger partial charge in [0.2, 0.25) is 0 Å². The number of nitrogens with zero attached hydrogens (tertiary/aromatic N) is 2. The number of pyridine rings is 1. The number of fused-ring (bicyclic) bond motifs is 1. The van der Waals surface area contributed by atoms with Crippen LogP contribution < -0.4 is 0 Å². The van der Waals surface area contributed by atoms with Crippen molar-refractivity contribution in [1.82, 2.24) is 4.98 Å². The summed E-state index contributed by atoms with van der Waals surface area (Å²) in [6.07, 6.45) is 1.01. The van der Waals surface area contributed by atoms with Gasteiger partial charge in [-0.1, -0.05) is 32.0 Å². The van der Waals surface area contributed by atoms with Gasteiger partial charge in [-0.2, -0.15) is 5.26 Å². The SMILES string of the molecule is CC(C)C(O)C(C#N)c1cnc2ccccc2c1. The van der Waals surface area contributed by atoms with Crippen LogP contribution >= 0.6 is 0 Å². The van der Waals surface area contributed by atoms with E-state index in [2.05, 4.69) is 11.1 Å². The van der Waals surface area contributed by atoms with Gasteiger partial charge < -0.3 is 5.11 Å². The number of nitriles is 1. The van der Waals surface area contributed by atoms with E-state index in [4.69, 9.17) is 0 Å². The van der Waals surface area contributed by atoms with Gasteiger partial charge in [0.15, 0.2) is 0 Å². The number of benzene rings is 1. The number of hydrogen-bond acceptors (Lipinski definition) is 3. The number of aliphatic hydroxyl groups excluding tert-OH is 1. The first-order chi connectivity index (χ1) is 8.63. The maximum absolute atomic E-state index is 10.1. The van der Waals surface area contributed by atoms with Crippen LogP contribution in [0.2, 0.25) is 0 Å². The van der Waals surface area contributed by atoms with Crippen LogP contribution in [0.5, 0.6) is 0 Å². The molecule has 2 unspecified atom stereocenters. The number of hydrogen-bond donors (Lipinski definition) is 1. The Morgan fingerprint density at radius 1 is 1.28 bits per heavy atom. The quantitative estimate of drug-likeness (QED) is 0.897. The number of para-hydroxylation sites is 1. The molecule has 3 heteroatoms. The highest BCUT2D eigenvalue weighted by Crippen LogP contribution is 2.25. The molecule has 2 aromatic rings. The van der Waals surface area contributed by atoms with E-state index in [0.717, 1.165) is 16.5 Å². The van der Waals surface area contributed by atoms with Gasteiger partial charge >= 0.3 is 0 Å². The standard InChI is InChI=1S/C15H16N2O/c1-10(2)15(18)13(8-16)12-7-11-5-3-4-6-14(11)17-9-12/h3-7,9-10,13,15,18H,1-2H3. The highest BCUT2D eigenvalue weighted by molar-refractivity contribution is 5.78. The van der Waals surface area contributed by atoms with E-state index < -0.39 is 12.0 Å². The van der Waals surface area contributed by atoms with Gasteiger partial charge in [0.1, 0.15) is 0 Å². The molecule has 1 aromatic heterocycles. The third kappa shape index (κ3) is 2.34. The summed E-state index contributed by atoms with van der Waals surface area (Å²) >= 11 is 0. The Morgan fingerprint density at radius 3 is 2.67 bits per heavy atom. The first-order valence-electron chi connectivity index (χ1n) is 6.06. The molecule has 0 fully saturated rings. The third-order valence-corrected chi connectivity index (χ3v) is 3.13. The van der Waals surface area contributed by atoms with Gasteiger partial charge in [-0.15, -0.1) is 0 Å². The fourth-order valence-electron chi connectivity index (χ4n) is 1.99. The molecule has 0 saturated carbocycles. The summed E-state index contributed by atoms with van der Waals surface area (Å²) in [6.45, 7) is 3.81. The molecule has 3 nitrogen and oxygen atoms in total. The van der Waals surface area contributed by atoms with Gasteiger partial charge in [0.25, 0.3) is 0 Å². The molecular weight excluding hydrogens is 224 g/mol. The van der Waals surface area contributed by atoms with E-state index in [-0.39, 0.29) is 5.92 Å². The van der Waals surface area contributed by atoms with Crippen LogP contribution in [0.15, 0.2) is 36.5 Å². The predicted molar refractivity (Wildman–Crippen MR) is 70.9 cm³/mol. The number of rotatable bonds is 3. The van der Waals surface area contributed by atoms with Crippen molar-refractivity contribution in [3.63, 3.8) is 0 Å². The molecule has 0 aliphatic rings. The van der Waals surface area contributed by atoms with E-state index in [1.165, 1.54) is 0 Å². The van der Waals surface area contributed by atoms with Crippen molar-refractivity contribution in [2.45, 2.75) is 25.9 Å². The van der Waals surface area contributed by atoms with Crippen LogP contribution in [0, 0.1) is 17.2 Å². The lowest BCUT2D eigenvalue weighted by Gasteiger charge is -2.20. The van der Waals surface area contributed by atoms with Gasteiger partial charge in [-0.3, -0.25) is 4.98 Å². The highest BCUT2D eigenvalue weighted by Gasteiger charge is 2.24. The molecule has 0 saturated heterocycles. The summed E-state index contributed by atoms with van der Waals surface area (Å²) in [7, 11) is 0. The maximum atomic E-state index is 10.1. The summed E-state index contributed by atoms with van der Waals surface area (Å²) in [5.74, 6) is -0.483. The summed E-state index contributed by atoms with van der Waals surface area (Å²) in [5, 5.41) is 20.3. The summed E-state index contributed by atoms with van der Waals surface area (Å²) in [5.41, 5.74) is 1.68. The monoisotopic (exact) mass is 240 g/mol. The summed E-state index contributed by atoms with van der Waals surface area (Å²) in [6, 6.07) is 11.9. The Labute approximate surface area is 107 Å². The highest BCUT2D eigenvalue weighted by atomic mass is 16.3. The Kier molecular flexibility index (Phi) is 3.59. The second-order valence-corrected chi connectivity index (χ2v) is 4.80. The smallest absolute Gasteiger partial charge is 0.0989 e. The van der Waals surface area contributed by atoms with Crippen LogP contribution in [-0.4, -0.2) is 16.2 Å². The second kappa shape index (κ2) is 5.16. The molecule has 0 spiro atoms. The molecule has 0 aliphatic heterocycles. The zero-order valence-corrected chi connectivity index (χ0v) is 10.5. The fourth-order valence-corrected chi connectivity index (χ4v) is 1.99. The predicted octanol–water partition coefficient (Wildman–Crippen LogP) is 2.86. The van der Waals surface area contributed by atoms with E-state index in [1.807, 2.05) is 44.2 Å². The topological polar surface area (TPSA) is 56.9 Å². The average molecular weight is 240 g/mol. The lowest BCUT2D eigenvalue weighted by atomic mass is 9.89. The van der Waals surface area contributed by atoms with Gasteiger partial charge in [-0.05, 0) is 23.6 Å². The van der Waals surface area contributed by atoms with Crippen molar-refractivity contribution in [2.24, 2.45) is 5.92 Å². The van der Waals surface area contributed by atoms with Crippen LogP contribution in [-0.2, 0) is 0 Å². The minimum absolute atomic E-state index is 0.0427. The van der Waals surface area contributed by atoms with Gasteiger partial charge in [0, 0.05) is 11.6 Å². The zero-order valence-electron chi connectivity index (χ0n) is 10.5. The fraction of sp³-hybridized carbons (Fsp3) is 0.333. The Morgan fingerprint density at radius 2 is 2.00 bits per heavy atom. The Balaban J connectivity index is 2.43. The Bertz CT molecular complexity index is 586. The summed E-state index contributed by atoms with van der Waals surface area (Å²) < 4.78 is 0. The molecule has 2 atom stereocenters. The maximum Gasteiger partial charge on any atom is 0.0989 e. The zero-order chi connectivity index (χ0) is 13.1. The molecule has 1 aromatic carbocycles. The first-order valence-corrected chi connectivity index (χ1v) is 6.06. The molecule has 0 bridgehead atoms. The average Bonchev–Trinajstić information content (AvgIpc) is 2.39. The molecule has 0 radical (unpaired) electrons. The Hall–Kier alpha value is -1.92. The van der Waals surface area contributed by atoms with Crippen molar-refractivity contribution in [3.8, 4) is 6.07 Å². The van der Waals surface area contributed by atoms with Gasteiger partial charge in [-0.25, -0.2) is 0 Å². The lowest BCUT2D eigenvalue weighted by Crippen LogP contribution is -2.23. The molecule has 1 heterocycles. The van der Waals surface area contributed by atoms with Crippen molar-refractivity contribution < 1.29 is 5.11 Å². The number of aliphatic hydroxyl groups is 1. The first kappa shape index (κ1) is 12.5. The number of aromatic nitrogens is 1. The van der Waals surface area contributed by atoms with Crippen LogP contribution in [0.4, 0.5) is 0 Å². The van der Waals surface area contributed by atoms with Crippen molar-refractivity contribution in [3.05, 3.63) is 42.1 Å². The van der Waals surface area contributed by atoms with Crippen molar-refractivity contribution in [2.75, 3.05) is 0 Å². The molecule has 1 N–H and O–H groups in total. The normalized spacial score (nSPS) is 14.4. The largest absolute Gasteiger partial charge is 0.391 e. The summed E-state index contributed by atoms with van der Waals surface area (Å²) in [4.78, 5) is 4.33.